The summed E-state index contributed by atoms with van der Waals surface area (Å²) in [5.74, 6) is -5.47. The van der Waals surface area contributed by atoms with Crippen LogP contribution in [0.5, 0.6) is 0 Å². The van der Waals surface area contributed by atoms with E-state index in [1.54, 1.807) is 30.3 Å². The third kappa shape index (κ3) is 6.42. The smallest absolute Gasteiger partial charge is 0.335 e. The Bertz CT molecular complexity index is 1570. The molecule has 9 nitrogen and oxygen atoms in total. The summed E-state index contributed by atoms with van der Waals surface area (Å²) < 4.78 is 84.1. The molecule has 1 aromatic heterocycles. The van der Waals surface area contributed by atoms with Gasteiger partial charge in [-0.2, -0.15) is 13.2 Å². The number of amides is 3. The molecule has 3 heterocycles. The lowest BCUT2D eigenvalue weighted by Crippen LogP contribution is -2.51. The van der Waals surface area contributed by atoms with Gasteiger partial charge >= 0.3 is 6.18 Å². The van der Waals surface area contributed by atoms with Crippen LogP contribution in [-0.2, 0) is 30.5 Å². The number of benzene rings is 2. The maximum Gasteiger partial charge on any atom is 0.435 e. The number of rotatable bonds is 6. The molecule has 3 aromatic rings. The Labute approximate surface area is 247 Å². The van der Waals surface area contributed by atoms with Crippen LogP contribution in [0, 0.1) is 17.5 Å². The first kappa shape index (κ1) is 31.0. The normalized spacial score (nSPS) is 16.1. The van der Waals surface area contributed by atoms with Crippen LogP contribution >= 0.6 is 0 Å². The summed E-state index contributed by atoms with van der Waals surface area (Å²) in [7, 11) is 0. The summed E-state index contributed by atoms with van der Waals surface area (Å²) in [6.07, 6.45) is -5.58. The van der Waals surface area contributed by atoms with E-state index in [2.05, 4.69) is 4.98 Å². The predicted molar refractivity (Wildman–Crippen MR) is 144 cm³/mol. The molecule has 2 aromatic carbocycles. The van der Waals surface area contributed by atoms with E-state index >= 15 is 0 Å². The third-order valence-corrected chi connectivity index (χ3v) is 7.68. The average molecular weight is 623 g/mol. The SMILES string of the molecule is N[C@H](CC(=O)N1CCn2c(nc(C(F)(F)F)c2C(=O)N2CCN(C(=O)c3ccccc3)CC2)C1)Cc1cc(F)c(F)cc1F. The number of piperazine rings is 1. The molecule has 1 fully saturated rings. The fourth-order valence-electron chi connectivity index (χ4n) is 5.41. The molecule has 2 aliphatic rings. The summed E-state index contributed by atoms with van der Waals surface area (Å²) in [5, 5.41) is 0. The second-order valence-corrected chi connectivity index (χ2v) is 10.7. The zero-order chi connectivity index (χ0) is 31.8. The Balaban J connectivity index is 1.26. The van der Waals surface area contributed by atoms with E-state index < -0.39 is 52.9 Å². The van der Waals surface area contributed by atoms with Crippen LogP contribution in [0.3, 0.4) is 0 Å². The minimum atomic E-state index is -4.95. The molecule has 1 atom stereocenters. The number of halogens is 6. The van der Waals surface area contributed by atoms with Crippen molar-refractivity contribution < 1.29 is 40.7 Å². The molecule has 15 heteroatoms. The first-order chi connectivity index (χ1) is 20.8. The standard InChI is InChI=1S/C29H28F6N6O3/c30-20-15-22(32)21(31)13-18(20)12-19(36)14-24(42)40-10-11-41-23(16-40)37-26(29(33,34)35)25(41)28(44)39-8-6-38(7-9-39)27(43)17-4-2-1-3-5-17/h1-5,13,15,19H,6-12,14,16,36H2/t19-/m0/s1. The van der Waals surface area contributed by atoms with Crippen molar-refractivity contribution in [2.45, 2.75) is 38.1 Å². The van der Waals surface area contributed by atoms with Gasteiger partial charge in [0.1, 0.15) is 17.3 Å². The molecule has 234 valence electrons. The molecule has 2 N–H and O–H groups in total. The number of imidazole rings is 1. The van der Waals surface area contributed by atoms with E-state index in [0.717, 1.165) is 4.57 Å². The first-order valence-corrected chi connectivity index (χ1v) is 13.8. The number of hydrogen-bond donors (Lipinski definition) is 1. The molecule has 44 heavy (non-hydrogen) atoms. The number of fused-ring (bicyclic) bond motifs is 1. The molecule has 0 saturated carbocycles. The van der Waals surface area contributed by atoms with Crippen LogP contribution in [0.1, 0.15) is 44.3 Å². The van der Waals surface area contributed by atoms with Crippen LogP contribution in [0.4, 0.5) is 26.3 Å². The molecule has 0 unspecified atom stereocenters. The van der Waals surface area contributed by atoms with Crippen LogP contribution in [0.15, 0.2) is 42.5 Å². The highest BCUT2D eigenvalue weighted by Gasteiger charge is 2.44. The maximum atomic E-state index is 14.1. The second-order valence-electron chi connectivity index (χ2n) is 10.7. The highest BCUT2D eigenvalue weighted by molar-refractivity contribution is 5.96. The van der Waals surface area contributed by atoms with Gasteiger partial charge in [0.25, 0.3) is 11.8 Å². The maximum absolute atomic E-state index is 14.1. The number of nitrogens with two attached hydrogens (primary N) is 1. The summed E-state index contributed by atoms with van der Waals surface area (Å²) in [6.45, 7) is -0.207. The van der Waals surface area contributed by atoms with Crippen molar-refractivity contribution in [3.63, 3.8) is 0 Å². The lowest BCUT2D eigenvalue weighted by molar-refractivity contribution is -0.141. The molecular weight excluding hydrogens is 594 g/mol. The molecule has 2 aliphatic heterocycles. The van der Waals surface area contributed by atoms with Gasteiger partial charge in [-0.1, -0.05) is 18.2 Å². The summed E-state index contributed by atoms with van der Waals surface area (Å²) >= 11 is 0. The molecule has 5 rings (SSSR count). The highest BCUT2D eigenvalue weighted by atomic mass is 19.4. The van der Waals surface area contributed by atoms with Crippen LogP contribution in [0.25, 0.3) is 0 Å². The number of carbonyl (C=O) groups is 3. The van der Waals surface area contributed by atoms with Crippen LogP contribution in [0.2, 0.25) is 0 Å². The number of aromatic nitrogens is 2. The molecule has 0 aliphatic carbocycles. The minimum Gasteiger partial charge on any atom is -0.335 e. The Hall–Kier alpha value is -4.40. The van der Waals surface area contributed by atoms with Crippen molar-refractivity contribution in [2.24, 2.45) is 5.73 Å². The summed E-state index contributed by atoms with van der Waals surface area (Å²) in [6, 6.07) is 8.56. The van der Waals surface area contributed by atoms with E-state index in [4.69, 9.17) is 5.73 Å². The van der Waals surface area contributed by atoms with Gasteiger partial charge in [-0.3, -0.25) is 14.4 Å². The van der Waals surface area contributed by atoms with E-state index in [9.17, 15) is 40.7 Å². The average Bonchev–Trinajstić information content (AvgIpc) is 3.39. The molecular formula is C29H28F6N6O3. The van der Waals surface area contributed by atoms with E-state index in [1.165, 1.54) is 14.7 Å². The molecule has 3 amide bonds. The zero-order valence-electron chi connectivity index (χ0n) is 23.3. The van der Waals surface area contributed by atoms with Crippen LogP contribution < -0.4 is 5.73 Å². The van der Waals surface area contributed by atoms with Crippen LogP contribution in [-0.4, -0.2) is 80.7 Å². The monoisotopic (exact) mass is 622 g/mol. The number of alkyl halides is 3. The van der Waals surface area contributed by atoms with Crippen molar-refractivity contribution in [2.75, 3.05) is 32.7 Å². The van der Waals surface area contributed by atoms with Gasteiger partial charge in [-0.15, -0.1) is 0 Å². The number of nitrogens with zero attached hydrogens (tertiary/aromatic N) is 5. The van der Waals surface area contributed by atoms with Crippen molar-refractivity contribution in [3.05, 3.63) is 88.3 Å². The van der Waals surface area contributed by atoms with Gasteiger partial charge < -0.3 is 25.0 Å². The van der Waals surface area contributed by atoms with Gasteiger partial charge in [0.05, 0.1) is 6.54 Å². The molecule has 1 saturated heterocycles. The zero-order valence-corrected chi connectivity index (χ0v) is 23.3. The number of hydrogen-bond acceptors (Lipinski definition) is 5. The van der Waals surface area contributed by atoms with E-state index in [0.29, 0.717) is 17.7 Å². The lowest BCUT2D eigenvalue weighted by atomic mass is 10.0. The summed E-state index contributed by atoms with van der Waals surface area (Å²) in [4.78, 5) is 46.8. The molecule has 0 radical (unpaired) electrons. The van der Waals surface area contributed by atoms with E-state index in [-0.39, 0.29) is 75.9 Å². The predicted octanol–water partition coefficient (Wildman–Crippen LogP) is 3.22. The van der Waals surface area contributed by atoms with Gasteiger partial charge in [0.15, 0.2) is 17.3 Å². The molecule has 0 spiro atoms. The third-order valence-electron chi connectivity index (χ3n) is 7.68. The van der Waals surface area contributed by atoms with E-state index in [1.807, 2.05) is 0 Å². The Kier molecular flexibility index (Phi) is 8.68. The second kappa shape index (κ2) is 12.3. The largest absolute Gasteiger partial charge is 0.435 e. The fraction of sp³-hybridized carbons (Fsp3) is 0.379. The van der Waals surface area contributed by atoms with Crippen molar-refractivity contribution in [1.29, 1.82) is 0 Å². The Morgan fingerprint density at radius 1 is 0.818 bits per heavy atom. The first-order valence-electron chi connectivity index (χ1n) is 13.8. The van der Waals surface area contributed by atoms with Crippen molar-refractivity contribution in [1.82, 2.24) is 24.3 Å². The van der Waals surface area contributed by atoms with Crippen molar-refractivity contribution >= 4 is 17.7 Å². The lowest BCUT2D eigenvalue weighted by Gasteiger charge is -2.35. The highest BCUT2D eigenvalue weighted by Crippen LogP contribution is 2.34. The summed E-state index contributed by atoms with van der Waals surface area (Å²) in [5.41, 5.74) is 4.21. The quantitative estimate of drug-likeness (QED) is 0.336. The minimum absolute atomic E-state index is 0.0241. The number of carbonyl (C=O) groups excluding carboxylic acids is 3. The Morgan fingerprint density at radius 3 is 2.05 bits per heavy atom. The van der Waals surface area contributed by atoms with Gasteiger partial charge in [0, 0.05) is 63.4 Å². The van der Waals surface area contributed by atoms with Gasteiger partial charge in [0.2, 0.25) is 5.91 Å². The Morgan fingerprint density at radius 2 is 1.41 bits per heavy atom. The fourth-order valence-corrected chi connectivity index (χ4v) is 5.41. The van der Waals surface area contributed by atoms with Gasteiger partial charge in [-0.05, 0) is 30.2 Å². The van der Waals surface area contributed by atoms with Gasteiger partial charge in [-0.25, -0.2) is 18.2 Å². The van der Waals surface area contributed by atoms with Crippen molar-refractivity contribution in [3.8, 4) is 0 Å². The molecule has 0 bridgehead atoms. The topological polar surface area (TPSA) is 105 Å².